The van der Waals surface area contributed by atoms with Crippen molar-refractivity contribution in [3.63, 3.8) is 0 Å². The van der Waals surface area contributed by atoms with Gasteiger partial charge in [-0.25, -0.2) is 4.79 Å². The summed E-state index contributed by atoms with van der Waals surface area (Å²) in [6, 6.07) is -3.58. The van der Waals surface area contributed by atoms with Crippen molar-refractivity contribution >= 4 is 29.6 Å². The zero-order valence-electron chi connectivity index (χ0n) is 15.9. The number of primary amides is 1. The lowest BCUT2D eigenvalue weighted by atomic mass is 10.0. The number of aliphatic hydroxyl groups excluding tert-OH is 1. The molecule has 0 aromatic rings. The van der Waals surface area contributed by atoms with Crippen LogP contribution >= 0.6 is 0 Å². The van der Waals surface area contributed by atoms with Gasteiger partial charge in [-0.05, 0) is 18.8 Å². The van der Waals surface area contributed by atoms with Gasteiger partial charge in [0.2, 0.25) is 23.6 Å². The van der Waals surface area contributed by atoms with Gasteiger partial charge in [-0.15, -0.1) is 0 Å². The minimum absolute atomic E-state index is 0.0279. The maximum Gasteiger partial charge on any atom is 0.326 e. The number of aliphatic hydroxyl groups is 1. The maximum absolute atomic E-state index is 12.2. The van der Waals surface area contributed by atoms with E-state index < -0.39 is 60.9 Å². The third-order valence-electron chi connectivity index (χ3n) is 3.61. The molecule has 4 amide bonds. The minimum atomic E-state index is -1.26. The second kappa shape index (κ2) is 12.6. The molecule has 0 saturated carbocycles. The third-order valence-corrected chi connectivity index (χ3v) is 3.61. The fourth-order valence-corrected chi connectivity index (χ4v) is 2.15. The fourth-order valence-electron chi connectivity index (χ4n) is 2.15. The maximum atomic E-state index is 12.2. The van der Waals surface area contributed by atoms with Gasteiger partial charge in [-0.1, -0.05) is 13.8 Å². The van der Waals surface area contributed by atoms with Gasteiger partial charge in [-0.2, -0.15) is 0 Å². The van der Waals surface area contributed by atoms with Gasteiger partial charge < -0.3 is 37.6 Å². The van der Waals surface area contributed by atoms with Gasteiger partial charge in [0.1, 0.15) is 18.1 Å². The second-order valence-corrected chi connectivity index (χ2v) is 6.66. The molecule has 12 heteroatoms. The largest absolute Gasteiger partial charge is 0.480 e. The Bertz CT molecular complexity index is 582. The Balaban J connectivity index is 4.82. The SMILES string of the molecule is CC(C)CC(NC(=O)CNC(=O)C(CCC(N)=O)NC(=O)C(N)CO)C(=O)O. The third kappa shape index (κ3) is 10.4. The Labute approximate surface area is 162 Å². The van der Waals surface area contributed by atoms with Crippen LogP contribution in [0.1, 0.15) is 33.1 Å². The summed E-state index contributed by atoms with van der Waals surface area (Å²) in [7, 11) is 0. The molecule has 0 rings (SSSR count). The molecule has 0 bridgehead atoms. The monoisotopic (exact) mass is 403 g/mol. The van der Waals surface area contributed by atoms with Crippen molar-refractivity contribution in [2.75, 3.05) is 13.2 Å². The van der Waals surface area contributed by atoms with Crippen LogP contribution in [0.15, 0.2) is 0 Å². The van der Waals surface area contributed by atoms with Crippen LogP contribution in [0.5, 0.6) is 0 Å². The number of nitrogens with two attached hydrogens (primary N) is 2. The highest BCUT2D eigenvalue weighted by atomic mass is 16.4. The number of aliphatic carboxylic acids is 1. The van der Waals surface area contributed by atoms with E-state index in [1.807, 2.05) is 0 Å². The summed E-state index contributed by atoms with van der Waals surface area (Å²) in [5, 5.41) is 24.8. The number of nitrogens with one attached hydrogen (secondary N) is 3. The first-order valence-corrected chi connectivity index (χ1v) is 8.72. The highest BCUT2D eigenvalue weighted by molar-refractivity contribution is 5.92. The number of hydrogen-bond donors (Lipinski definition) is 7. The summed E-state index contributed by atoms with van der Waals surface area (Å²) in [6.07, 6.45) is -0.141. The lowest BCUT2D eigenvalue weighted by Gasteiger charge is -2.20. The molecule has 0 radical (unpaired) electrons. The molecule has 160 valence electrons. The quantitative estimate of drug-likeness (QED) is 0.166. The van der Waals surface area contributed by atoms with E-state index in [0.717, 1.165) is 0 Å². The number of carboxylic acid groups (broad SMARTS) is 1. The number of amides is 4. The molecule has 12 nitrogen and oxygen atoms in total. The van der Waals surface area contributed by atoms with E-state index in [0.29, 0.717) is 0 Å². The average Bonchev–Trinajstić information content (AvgIpc) is 2.60. The Kier molecular flexibility index (Phi) is 11.4. The summed E-state index contributed by atoms with van der Waals surface area (Å²) in [4.78, 5) is 58.0. The molecule has 28 heavy (non-hydrogen) atoms. The smallest absolute Gasteiger partial charge is 0.326 e. The van der Waals surface area contributed by atoms with Crippen molar-refractivity contribution in [1.29, 1.82) is 0 Å². The molecule has 0 aliphatic heterocycles. The van der Waals surface area contributed by atoms with Gasteiger partial charge in [0, 0.05) is 6.42 Å². The van der Waals surface area contributed by atoms with Gasteiger partial charge >= 0.3 is 5.97 Å². The lowest BCUT2D eigenvalue weighted by Crippen LogP contribution is -2.54. The number of rotatable bonds is 13. The van der Waals surface area contributed by atoms with E-state index in [1.165, 1.54) is 0 Å². The standard InChI is InChI=1S/C16H29N5O7/c1-8(2)5-11(16(27)28)20-13(24)6-19-15(26)10(3-4-12(18)23)21-14(25)9(17)7-22/h8-11,22H,3-7,17H2,1-2H3,(H2,18,23)(H,19,26)(H,20,24)(H,21,25)(H,27,28). The van der Waals surface area contributed by atoms with Crippen LogP contribution in [0.3, 0.4) is 0 Å². The summed E-state index contributed by atoms with van der Waals surface area (Å²) < 4.78 is 0. The van der Waals surface area contributed by atoms with Crippen LogP contribution in [0.25, 0.3) is 0 Å². The molecule has 0 aromatic carbocycles. The normalized spacial score (nSPS) is 13.9. The van der Waals surface area contributed by atoms with Gasteiger partial charge in [0.15, 0.2) is 0 Å². The molecule has 0 fully saturated rings. The first kappa shape index (κ1) is 25.3. The molecule has 9 N–H and O–H groups in total. The van der Waals surface area contributed by atoms with E-state index in [1.54, 1.807) is 13.8 Å². The van der Waals surface area contributed by atoms with E-state index in [-0.39, 0.29) is 25.2 Å². The molecule has 3 unspecified atom stereocenters. The Morgan fingerprint density at radius 2 is 1.61 bits per heavy atom. The Morgan fingerprint density at radius 3 is 2.07 bits per heavy atom. The minimum Gasteiger partial charge on any atom is -0.480 e. The highest BCUT2D eigenvalue weighted by Gasteiger charge is 2.25. The summed E-state index contributed by atoms with van der Waals surface area (Å²) in [6.45, 7) is 2.42. The Hall–Kier alpha value is -2.73. The van der Waals surface area contributed by atoms with Crippen LogP contribution < -0.4 is 27.4 Å². The lowest BCUT2D eigenvalue weighted by molar-refractivity contribution is -0.142. The van der Waals surface area contributed by atoms with Crippen LogP contribution in [0.2, 0.25) is 0 Å². The van der Waals surface area contributed by atoms with Crippen LogP contribution in [-0.4, -0.2) is 71.1 Å². The van der Waals surface area contributed by atoms with Crippen molar-refractivity contribution < 1.29 is 34.2 Å². The predicted octanol–water partition coefficient (Wildman–Crippen LogP) is -3.21. The zero-order chi connectivity index (χ0) is 21.9. The predicted molar refractivity (Wildman–Crippen MR) is 97.5 cm³/mol. The molecule has 3 atom stereocenters. The van der Waals surface area contributed by atoms with Gasteiger partial charge in [-0.3, -0.25) is 19.2 Å². The van der Waals surface area contributed by atoms with Crippen molar-refractivity contribution in [3.8, 4) is 0 Å². The number of hydrogen-bond acceptors (Lipinski definition) is 7. The van der Waals surface area contributed by atoms with E-state index in [4.69, 9.17) is 21.7 Å². The number of carbonyl (C=O) groups is 5. The summed E-state index contributed by atoms with van der Waals surface area (Å²) in [5.41, 5.74) is 10.4. The Morgan fingerprint density at radius 1 is 1.00 bits per heavy atom. The number of carbonyl (C=O) groups excluding carboxylic acids is 4. The van der Waals surface area contributed by atoms with Crippen LogP contribution in [0, 0.1) is 5.92 Å². The molecule has 0 heterocycles. The summed E-state index contributed by atoms with van der Waals surface area (Å²) >= 11 is 0. The first-order chi connectivity index (χ1) is 13.0. The van der Waals surface area contributed by atoms with Crippen molar-refractivity contribution in [2.24, 2.45) is 17.4 Å². The molecular formula is C16H29N5O7. The first-order valence-electron chi connectivity index (χ1n) is 8.72. The molecule has 0 aliphatic rings. The van der Waals surface area contributed by atoms with E-state index >= 15 is 0 Å². The fraction of sp³-hybridized carbons (Fsp3) is 0.688. The molecule has 0 aliphatic carbocycles. The second-order valence-electron chi connectivity index (χ2n) is 6.66. The van der Waals surface area contributed by atoms with E-state index in [9.17, 15) is 24.0 Å². The molecule has 0 spiro atoms. The van der Waals surface area contributed by atoms with Crippen molar-refractivity contribution in [3.05, 3.63) is 0 Å². The van der Waals surface area contributed by atoms with Crippen LogP contribution in [-0.2, 0) is 24.0 Å². The van der Waals surface area contributed by atoms with Gasteiger partial charge in [0.25, 0.3) is 0 Å². The number of carboxylic acids is 1. The van der Waals surface area contributed by atoms with E-state index in [2.05, 4.69) is 16.0 Å². The van der Waals surface area contributed by atoms with Gasteiger partial charge in [0.05, 0.1) is 13.2 Å². The molecule has 0 aromatic heterocycles. The average molecular weight is 403 g/mol. The molecule has 0 saturated heterocycles. The van der Waals surface area contributed by atoms with Crippen molar-refractivity contribution in [1.82, 2.24) is 16.0 Å². The molecular weight excluding hydrogens is 374 g/mol. The highest BCUT2D eigenvalue weighted by Crippen LogP contribution is 2.04. The van der Waals surface area contributed by atoms with Crippen molar-refractivity contribution in [2.45, 2.75) is 51.2 Å². The van der Waals surface area contributed by atoms with Crippen LogP contribution in [0.4, 0.5) is 0 Å². The summed E-state index contributed by atoms with van der Waals surface area (Å²) in [5.74, 6) is -4.20. The topological polar surface area (TPSA) is 214 Å². The zero-order valence-corrected chi connectivity index (χ0v) is 15.9.